The van der Waals surface area contributed by atoms with Crippen molar-refractivity contribution in [3.63, 3.8) is 0 Å². The molecule has 0 aliphatic carbocycles. The van der Waals surface area contributed by atoms with Crippen LogP contribution in [-0.4, -0.2) is 43.5 Å². The quantitative estimate of drug-likeness (QED) is 0.201. The summed E-state index contributed by atoms with van der Waals surface area (Å²) in [6.45, 7) is 1.63. The van der Waals surface area contributed by atoms with Crippen LogP contribution >= 0.6 is 0 Å². The number of aromatic nitrogens is 3. The molecule has 0 saturated carbocycles. The summed E-state index contributed by atoms with van der Waals surface area (Å²) in [4.78, 5) is 41.4. The van der Waals surface area contributed by atoms with Gasteiger partial charge in [-0.3, -0.25) is 4.79 Å². The number of carbonyl (C=O) groups is 3. The van der Waals surface area contributed by atoms with Gasteiger partial charge in [-0.1, -0.05) is 61.4 Å². The van der Waals surface area contributed by atoms with Crippen LogP contribution in [0, 0.1) is 0 Å². The van der Waals surface area contributed by atoms with E-state index in [4.69, 9.17) is 9.90 Å². The molecule has 0 unspecified atom stereocenters. The maximum absolute atomic E-state index is 13.3. The van der Waals surface area contributed by atoms with E-state index in [1.54, 1.807) is 6.92 Å². The smallest absolute Gasteiger partial charge is 0.475 e. The maximum Gasteiger partial charge on any atom is 0.490 e. The van der Waals surface area contributed by atoms with Crippen LogP contribution in [0.25, 0.3) is 22.2 Å². The first-order chi connectivity index (χ1) is 19.0. The number of nitrogens with one attached hydrogen (secondary N) is 2. The fraction of sp³-hybridized carbons (Fsp3) is 0.310. The lowest BCUT2D eigenvalue weighted by atomic mass is 10.0. The van der Waals surface area contributed by atoms with E-state index in [0.717, 1.165) is 53.7 Å². The first-order valence-corrected chi connectivity index (χ1v) is 12.7. The minimum absolute atomic E-state index is 0.113. The fourth-order valence-corrected chi connectivity index (χ4v) is 4.21. The SMILES string of the molecule is CC(=O)CCCCC[C@H](NC(=O)c1cn(C)c2ccccc12)c1ncc(-c2ccccc2)[nH]1.O=C(O)C(F)(F)F. The molecule has 4 aromatic rings. The molecule has 212 valence electrons. The summed E-state index contributed by atoms with van der Waals surface area (Å²) >= 11 is 0. The largest absolute Gasteiger partial charge is 0.490 e. The normalized spacial score (nSPS) is 11.9. The number of H-pyrrole nitrogens is 1. The van der Waals surface area contributed by atoms with Gasteiger partial charge in [0.05, 0.1) is 23.5 Å². The number of para-hydroxylation sites is 1. The third-order valence-corrected chi connectivity index (χ3v) is 6.22. The van der Waals surface area contributed by atoms with Gasteiger partial charge in [-0.25, -0.2) is 9.78 Å². The molecular formula is C29H31F3N4O4. The zero-order valence-corrected chi connectivity index (χ0v) is 22.2. The Hall–Kier alpha value is -4.41. The molecule has 8 nitrogen and oxygen atoms in total. The summed E-state index contributed by atoms with van der Waals surface area (Å²) in [5, 5.41) is 11.3. The number of imidazole rings is 1. The number of amides is 1. The number of benzene rings is 2. The Labute approximate surface area is 229 Å². The summed E-state index contributed by atoms with van der Waals surface area (Å²) in [6, 6.07) is 17.7. The number of unbranched alkanes of at least 4 members (excludes halogenated alkanes) is 2. The van der Waals surface area contributed by atoms with E-state index in [0.29, 0.717) is 12.0 Å². The number of carboxylic acid groups (broad SMARTS) is 1. The molecule has 40 heavy (non-hydrogen) atoms. The number of nitrogens with zero attached hydrogens (tertiary/aromatic N) is 2. The van der Waals surface area contributed by atoms with Gasteiger partial charge in [0.2, 0.25) is 0 Å². The maximum atomic E-state index is 13.3. The minimum Gasteiger partial charge on any atom is -0.475 e. The van der Waals surface area contributed by atoms with E-state index in [1.165, 1.54) is 0 Å². The molecular weight excluding hydrogens is 525 g/mol. The highest BCUT2D eigenvalue weighted by Crippen LogP contribution is 2.25. The molecule has 1 atom stereocenters. The summed E-state index contributed by atoms with van der Waals surface area (Å²) in [5.74, 6) is -1.91. The molecule has 4 rings (SSSR count). The zero-order valence-electron chi connectivity index (χ0n) is 22.2. The number of aromatic amines is 1. The Morgan fingerprint density at radius 1 is 1.02 bits per heavy atom. The molecule has 2 aromatic heterocycles. The van der Waals surface area contributed by atoms with Gasteiger partial charge < -0.3 is 24.8 Å². The van der Waals surface area contributed by atoms with E-state index in [1.807, 2.05) is 78.6 Å². The van der Waals surface area contributed by atoms with Crippen molar-refractivity contribution in [2.75, 3.05) is 0 Å². The number of carboxylic acids is 1. The molecule has 0 aliphatic rings. The molecule has 11 heteroatoms. The van der Waals surface area contributed by atoms with Crippen LogP contribution in [0.2, 0.25) is 0 Å². The number of alkyl halides is 3. The van der Waals surface area contributed by atoms with Crippen molar-refractivity contribution >= 4 is 28.6 Å². The first-order valence-electron chi connectivity index (χ1n) is 12.7. The monoisotopic (exact) mass is 556 g/mol. The van der Waals surface area contributed by atoms with Crippen molar-refractivity contribution < 1.29 is 32.7 Å². The summed E-state index contributed by atoms with van der Waals surface area (Å²) < 4.78 is 33.7. The van der Waals surface area contributed by atoms with Gasteiger partial charge in [0.1, 0.15) is 11.6 Å². The van der Waals surface area contributed by atoms with Crippen LogP contribution in [0.3, 0.4) is 0 Å². The third kappa shape index (κ3) is 8.29. The molecule has 0 bridgehead atoms. The van der Waals surface area contributed by atoms with Crippen LogP contribution in [0.4, 0.5) is 13.2 Å². The van der Waals surface area contributed by atoms with Crippen LogP contribution < -0.4 is 5.32 Å². The van der Waals surface area contributed by atoms with Gasteiger partial charge >= 0.3 is 12.1 Å². The van der Waals surface area contributed by atoms with Crippen molar-refractivity contribution in [1.82, 2.24) is 19.9 Å². The number of carbonyl (C=O) groups excluding carboxylic acids is 2. The fourth-order valence-electron chi connectivity index (χ4n) is 4.21. The number of aryl methyl sites for hydroxylation is 1. The molecule has 3 N–H and O–H groups in total. The topological polar surface area (TPSA) is 117 Å². The summed E-state index contributed by atoms with van der Waals surface area (Å²) in [6.07, 6.45) is 2.66. The average molecular weight is 557 g/mol. The summed E-state index contributed by atoms with van der Waals surface area (Å²) in [7, 11) is 1.95. The predicted molar refractivity (Wildman–Crippen MR) is 145 cm³/mol. The van der Waals surface area contributed by atoms with Gasteiger partial charge in [-0.05, 0) is 31.4 Å². The Bertz CT molecular complexity index is 1440. The molecule has 2 aromatic carbocycles. The van der Waals surface area contributed by atoms with Crippen molar-refractivity contribution in [1.29, 1.82) is 0 Å². The zero-order chi connectivity index (χ0) is 29.3. The van der Waals surface area contributed by atoms with Gasteiger partial charge in [0.15, 0.2) is 0 Å². The highest BCUT2D eigenvalue weighted by atomic mass is 19.4. The van der Waals surface area contributed by atoms with Crippen LogP contribution in [0.15, 0.2) is 67.0 Å². The van der Waals surface area contributed by atoms with Crippen molar-refractivity contribution in [3.8, 4) is 11.3 Å². The lowest BCUT2D eigenvalue weighted by Gasteiger charge is -2.17. The van der Waals surface area contributed by atoms with E-state index < -0.39 is 12.1 Å². The average Bonchev–Trinajstić information content (AvgIpc) is 3.53. The second kappa shape index (κ2) is 13.6. The summed E-state index contributed by atoms with van der Waals surface area (Å²) in [5.41, 5.74) is 3.65. The van der Waals surface area contributed by atoms with Crippen LogP contribution in [0.1, 0.15) is 61.3 Å². The molecule has 0 aliphatic heterocycles. The molecule has 0 radical (unpaired) electrons. The number of Topliss-reactive ketones (excluding diaryl/α,β-unsaturated/α-hetero) is 1. The number of ketones is 1. The number of hydrogen-bond donors (Lipinski definition) is 3. The highest BCUT2D eigenvalue weighted by molar-refractivity contribution is 6.07. The molecule has 1 amide bonds. The standard InChI is InChI=1S/C27H30N4O2.C2HF3O2/c1-19(32)11-5-3-8-15-23(26-28-17-24(29-26)20-12-6-4-7-13-20)30-27(33)22-18-31(2)25-16-10-9-14-21(22)25;3-2(4,5)1(6)7/h4,6-7,9-10,12-14,16-18,23H,3,5,8,11,15H2,1-2H3,(H,28,29)(H,30,33);(H,6,7)/t23-;/m0./s1. The highest BCUT2D eigenvalue weighted by Gasteiger charge is 2.38. The second-order valence-corrected chi connectivity index (χ2v) is 9.35. The van der Waals surface area contributed by atoms with Crippen LogP contribution in [-0.2, 0) is 16.6 Å². The number of rotatable bonds is 10. The minimum atomic E-state index is -5.08. The molecule has 2 heterocycles. The predicted octanol–water partition coefficient (Wildman–Crippen LogP) is 6.21. The van der Waals surface area contributed by atoms with E-state index in [9.17, 15) is 22.8 Å². The number of aliphatic carboxylic acids is 1. The van der Waals surface area contributed by atoms with Crippen molar-refractivity contribution in [3.05, 3.63) is 78.4 Å². The third-order valence-electron chi connectivity index (χ3n) is 6.22. The Morgan fingerprint density at radius 3 is 2.33 bits per heavy atom. The Balaban J connectivity index is 0.000000559. The molecule has 0 saturated heterocycles. The Morgan fingerprint density at radius 2 is 1.68 bits per heavy atom. The number of hydrogen-bond acceptors (Lipinski definition) is 4. The van der Waals surface area contributed by atoms with Gasteiger partial charge in [0, 0.05) is 30.6 Å². The van der Waals surface area contributed by atoms with Gasteiger partial charge in [-0.2, -0.15) is 13.2 Å². The molecule has 0 spiro atoms. The lowest BCUT2D eigenvalue weighted by Crippen LogP contribution is -2.29. The van der Waals surface area contributed by atoms with E-state index >= 15 is 0 Å². The second-order valence-electron chi connectivity index (χ2n) is 9.35. The first kappa shape index (κ1) is 30.1. The van der Waals surface area contributed by atoms with E-state index in [2.05, 4.69) is 15.3 Å². The van der Waals surface area contributed by atoms with Crippen LogP contribution in [0.5, 0.6) is 0 Å². The number of halogens is 3. The van der Waals surface area contributed by atoms with Crippen molar-refractivity contribution in [2.45, 2.75) is 51.2 Å². The van der Waals surface area contributed by atoms with Gasteiger partial charge in [0.25, 0.3) is 5.91 Å². The molecule has 0 fully saturated rings. The van der Waals surface area contributed by atoms with E-state index in [-0.39, 0.29) is 17.7 Å². The van der Waals surface area contributed by atoms with Gasteiger partial charge in [-0.15, -0.1) is 0 Å². The Kier molecular flexibility index (Phi) is 10.2. The lowest BCUT2D eigenvalue weighted by molar-refractivity contribution is -0.192. The number of fused-ring (bicyclic) bond motifs is 1. The van der Waals surface area contributed by atoms with Crippen molar-refractivity contribution in [2.24, 2.45) is 7.05 Å².